The molecule has 0 saturated heterocycles. The van der Waals surface area contributed by atoms with E-state index in [2.05, 4.69) is 16.8 Å². The first kappa shape index (κ1) is 23.1. The molecule has 176 valence electrons. The molecule has 7 nitrogen and oxygen atoms in total. The van der Waals surface area contributed by atoms with Gasteiger partial charge in [-0.1, -0.05) is 33.6 Å². The van der Waals surface area contributed by atoms with Crippen molar-refractivity contribution in [1.82, 2.24) is 14.9 Å². The van der Waals surface area contributed by atoms with Gasteiger partial charge in [-0.15, -0.1) is 0 Å². The van der Waals surface area contributed by atoms with Gasteiger partial charge in [-0.3, -0.25) is 4.79 Å². The summed E-state index contributed by atoms with van der Waals surface area (Å²) in [5, 5.41) is 12.2. The lowest BCUT2D eigenvalue weighted by Gasteiger charge is -2.31. The van der Waals surface area contributed by atoms with Gasteiger partial charge in [-0.25, -0.2) is 9.78 Å². The van der Waals surface area contributed by atoms with Crippen molar-refractivity contribution in [1.29, 1.82) is 0 Å². The average Bonchev–Trinajstić information content (AvgIpc) is 3.40. The first-order valence-corrected chi connectivity index (χ1v) is 11.9. The Morgan fingerprint density at radius 1 is 1.24 bits per heavy atom. The van der Waals surface area contributed by atoms with Gasteiger partial charge in [-0.05, 0) is 60.9 Å². The quantitative estimate of drug-likeness (QED) is 0.491. The first-order valence-electron chi connectivity index (χ1n) is 11.9. The van der Waals surface area contributed by atoms with Crippen LogP contribution >= 0.6 is 0 Å². The lowest BCUT2D eigenvalue weighted by molar-refractivity contribution is -0.139. The highest BCUT2D eigenvalue weighted by Crippen LogP contribution is 2.37. The Morgan fingerprint density at radius 2 is 2.03 bits per heavy atom. The molecule has 33 heavy (non-hydrogen) atoms. The zero-order valence-electron chi connectivity index (χ0n) is 19.6. The number of hydrogen-bond donors (Lipinski definition) is 2. The van der Waals surface area contributed by atoms with E-state index in [9.17, 15) is 14.7 Å². The van der Waals surface area contributed by atoms with Gasteiger partial charge in [0.2, 0.25) is 0 Å². The van der Waals surface area contributed by atoms with E-state index in [1.807, 2.05) is 26.0 Å². The van der Waals surface area contributed by atoms with E-state index in [0.29, 0.717) is 30.4 Å². The monoisotopic (exact) mass is 451 g/mol. The molecule has 2 aromatic heterocycles. The number of carboxylic acids is 1. The molecule has 1 amide bonds. The lowest BCUT2D eigenvalue weighted by Crippen LogP contribution is -2.41. The summed E-state index contributed by atoms with van der Waals surface area (Å²) < 4.78 is 7.62. The van der Waals surface area contributed by atoms with E-state index in [4.69, 9.17) is 9.40 Å². The Labute approximate surface area is 194 Å². The highest BCUT2D eigenvalue weighted by atomic mass is 16.4. The molecule has 3 aromatic rings. The van der Waals surface area contributed by atoms with Crippen molar-refractivity contribution in [3.63, 3.8) is 0 Å². The summed E-state index contributed by atoms with van der Waals surface area (Å²) in [7, 11) is 0. The number of nitrogens with one attached hydrogen (secondary N) is 1. The number of carbonyl (C=O) groups excluding carboxylic acids is 1. The predicted molar refractivity (Wildman–Crippen MR) is 126 cm³/mol. The molecule has 1 aliphatic rings. The van der Waals surface area contributed by atoms with Crippen LogP contribution in [0.2, 0.25) is 0 Å². The minimum absolute atomic E-state index is 0.160. The van der Waals surface area contributed by atoms with Crippen LogP contribution in [-0.2, 0) is 11.2 Å². The normalized spacial score (nSPS) is 19.6. The van der Waals surface area contributed by atoms with Crippen molar-refractivity contribution < 1.29 is 19.1 Å². The summed E-state index contributed by atoms with van der Waals surface area (Å²) in [5.41, 5.74) is 3.26. The minimum Gasteiger partial charge on any atom is -0.480 e. The largest absolute Gasteiger partial charge is 0.480 e. The maximum Gasteiger partial charge on any atom is 0.326 e. The van der Waals surface area contributed by atoms with Gasteiger partial charge in [0, 0.05) is 18.0 Å². The van der Waals surface area contributed by atoms with Crippen molar-refractivity contribution >= 4 is 22.9 Å². The van der Waals surface area contributed by atoms with Gasteiger partial charge in [0.05, 0.1) is 23.6 Å². The molecule has 1 saturated carbocycles. The average molecular weight is 452 g/mol. The molecule has 2 N–H and O–H groups in total. The van der Waals surface area contributed by atoms with Crippen LogP contribution in [0, 0.1) is 11.8 Å². The summed E-state index contributed by atoms with van der Waals surface area (Å²) in [6, 6.07) is 6.92. The number of carboxylic acid groups (broad SMARTS) is 1. The van der Waals surface area contributed by atoms with E-state index in [1.54, 1.807) is 24.7 Å². The zero-order chi connectivity index (χ0) is 23.5. The van der Waals surface area contributed by atoms with E-state index in [0.717, 1.165) is 28.8 Å². The maximum atomic E-state index is 12.9. The molecule has 0 aliphatic heterocycles. The van der Waals surface area contributed by atoms with Crippen LogP contribution in [0.4, 0.5) is 0 Å². The summed E-state index contributed by atoms with van der Waals surface area (Å²) in [6.07, 6.45) is 9.22. The summed E-state index contributed by atoms with van der Waals surface area (Å²) in [5.74, 6) is 0.270. The fourth-order valence-corrected chi connectivity index (χ4v) is 4.98. The Bertz CT molecular complexity index is 1120. The second-order valence-electron chi connectivity index (χ2n) is 9.73. The summed E-state index contributed by atoms with van der Waals surface area (Å²) in [6.45, 7) is 6.18. The molecule has 0 bridgehead atoms. The Balaban J connectivity index is 1.68. The zero-order valence-corrected chi connectivity index (χ0v) is 19.6. The van der Waals surface area contributed by atoms with E-state index < -0.39 is 12.0 Å². The van der Waals surface area contributed by atoms with Crippen molar-refractivity contribution in [3.8, 4) is 0 Å². The van der Waals surface area contributed by atoms with Crippen molar-refractivity contribution in [2.24, 2.45) is 11.8 Å². The van der Waals surface area contributed by atoms with Crippen LogP contribution in [0.1, 0.15) is 80.7 Å². The number of amides is 1. The molecule has 4 rings (SSSR count). The number of carbonyl (C=O) groups is 2. The number of aliphatic carboxylic acids is 1. The number of aromatic nitrogens is 2. The summed E-state index contributed by atoms with van der Waals surface area (Å²) >= 11 is 0. The van der Waals surface area contributed by atoms with E-state index >= 15 is 0 Å². The highest BCUT2D eigenvalue weighted by molar-refractivity contribution is 5.99. The molecule has 0 spiro atoms. The number of fused-ring (bicyclic) bond motifs is 1. The molecular weight excluding hydrogens is 418 g/mol. The van der Waals surface area contributed by atoms with Crippen LogP contribution in [0.3, 0.4) is 0 Å². The van der Waals surface area contributed by atoms with Gasteiger partial charge in [0.15, 0.2) is 0 Å². The van der Waals surface area contributed by atoms with Gasteiger partial charge in [-0.2, -0.15) is 0 Å². The summed E-state index contributed by atoms with van der Waals surface area (Å²) in [4.78, 5) is 29.4. The smallest absolute Gasteiger partial charge is 0.326 e. The van der Waals surface area contributed by atoms with Crippen LogP contribution in [0.15, 0.2) is 41.2 Å². The third-order valence-electron chi connectivity index (χ3n) is 6.68. The SMILES string of the molecule is CC(C)CC(NC(=O)c1ccc2c(c1)nc(Cc1ccoc1)n2[C@H]1CCCCC1C)C(=O)O. The topological polar surface area (TPSA) is 97.4 Å². The second kappa shape index (κ2) is 9.81. The standard InChI is InChI=1S/C26H33N3O4/c1-16(2)12-21(26(31)32)28-25(30)19-8-9-23-20(14-19)27-24(13-18-10-11-33-15-18)29(23)22-7-5-4-6-17(22)3/h8-11,14-17,21-22H,4-7,12-13H2,1-3H3,(H,28,30)(H,31,32)/t17?,21?,22-/m0/s1. The van der Waals surface area contributed by atoms with Gasteiger partial charge >= 0.3 is 5.97 Å². The Hall–Kier alpha value is -3.09. The molecular formula is C26H33N3O4. The number of hydrogen-bond acceptors (Lipinski definition) is 4. The number of nitrogens with zero attached hydrogens (tertiary/aromatic N) is 2. The maximum absolute atomic E-state index is 12.9. The molecule has 1 aromatic carbocycles. The van der Waals surface area contributed by atoms with Gasteiger partial charge < -0.3 is 19.4 Å². The number of imidazole rings is 1. The molecule has 1 aliphatic carbocycles. The number of rotatable bonds is 8. The minimum atomic E-state index is -1.02. The first-order chi connectivity index (χ1) is 15.8. The van der Waals surface area contributed by atoms with Crippen LogP contribution < -0.4 is 5.32 Å². The molecule has 7 heteroatoms. The van der Waals surface area contributed by atoms with Crippen molar-refractivity contribution in [2.45, 2.75) is 71.4 Å². The van der Waals surface area contributed by atoms with E-state index in [-0.39, 0.29) is 11.8 Å². The molecule has 1 fully saturated rings. The fourth-order valence-electron chi connectivity index (χ4n) is 4.98. The molecule has 0 radical (unpaired) electrons. The fraction of sp³-hybridized carbons (Fsp3) is 0.500. The van der Waals surface area contributed by atoms with Gasteiger partial charge in [0.25, 0.3) is 5.91 Å². The second-order valence-corrected chi connectivity index (χ2v) is 9.73. The number of furan rings is 1. The molecule has 2 unspecified atom stereocenters. The van der Waals surface area contributed by atoms with Gasteiger partial charge in [0.1, 0.15) is 11.9 Å². The Kier molecular flexibility index (Phi) is 6.86. The highest BCUT2D eigenvalue weighted by Gasteiger charge is 2.28. The molecule has 2 heterocycles. The van der Waals surface area contributed by atoms with Crippen molar-refractivity contribution in [2.75, 3.05) is 0 Å². The van der Waals surface area contributed by atoms with Crippen LogP contribution in [-0.4, -0.2) is 32.6 Å². The lowest BCUT2D eigenvalue weighted by atomic mass is 9.85. The third-order valence-corrected chi connectivity index (χ3v) is 6.68. The number of benzene rings is 1. The van der Waals surface area contributed by atoms with Crippen LogP contribution in [0.5, 0.6) is 0 Å². The molecule has 3 atom stereocenters. The van der Waals surface area contributed by atoms with Crippen molar-refractivity contribution in [3.05, 3.63) is 53.7 Å². The van der Waals surface area contributed by atoms with E-state index in [1.165, 1.54) is 19.3 Å². The predicted octanol–water partition coefficient (Wildman–Crippen LogP) is 5.20. The third kappa shape index (κ3) is 5.13. The van der Waals surface area contributed by atoms with Crippen LogP contribution in [0.25, 0.3) is 11.0 Å². The Morgan fingerprint density at radius 3 is 2.70 bits per heavy atom.